The second-order valence-electron chi connectivity index (χ2n) is 8.05. The fourth-order valence-electron chi connectivity index (χ4n) is 4.55. The normalized spacial score (nSPS) is 17.4. The van der Waals surface area contributed by atoms with Gasteiger partial charge in [-0.25, -0.2) is 4.79 Å². The standard InChI is InChI=1S/C24H29NO4/c26-15-18(13-17-9-11-28-12-10-17)14-25-24(27)29-16-23-21-7-3-1-5-19(21)20-6-2-4-8-22(20)23/h1-8,17-18,23,26H,9-16H2,(H,25,27). The lowest BCUT2D eigenvalue weighted by Gasteiger charge is -2.25. The number of hydrogen-bond acceptors (Lipinski definition) is 4. The van der Waals surface area contributed by atoms with Crippen molar-refractivity contribution in [3.8, 4) is 11.1 Å². The van der Waals surface area contributed by atoms with Crippen LogP contribution in [-0.2, 0) is 9.47 Å². The molecule has 0 aromatic heterocycles. The molecular formula is C24H29NO4. The lowest BCUT2D eigenvalue weighted by atomic mass is 9.89. The number of alkyl carbamates (subject to hydrolysis) is 1. The molecule has 2 aliphatic rings. The van der Waals surface area contributed by atoms with E-state index in [9.17, 15) is 9.90 Å². The third-order valence-electron chi connectivity index (χ3n) is 6.14. The molecule has 1 aliphatic carbocycles. The zero-order valence-electron chi connectivity index (χ0n) is 16.7. The Bertz CT molecular complexity index is 786. The van der Waals surface area contributed by atoms with Gasteiger partial charge in [0.1, 0.15) is 6.61 Å². The van der Waals surface area contributed by atoms with Gasteiger partial charge in [-0.05, 0) is 53.4 Å². The molecular weight excluding hydrogens is 366 g/mol. The second kappa shape index (κ2) is 9.42. The van der Waals surface area contributed by atoms with Gasteiger partial charge in [-0.3, -0.25) is 0 Å². The number of aliphatic hydroxyl groups excluding tert-OH is 1. The highest BCUT2D eigenvalue weighted by Gasteiger charge is 2.29. The maximum absolute atomic E-state index is 12.3. The fourth-order valence-corrected chi connectivity index (χ4v) is 4.55. The summed E-state index contributed by atoms with van der Waals surface area (Å²) in [7, 11) is 0. The lowest BCUT2D eigenvalue weighted by molar-refractivity contribution is 0.0537. The van der Waals surface area contributed by atoms with E-state index >= 15 is 0 Å². The monoisotopic (exact) mass is 395 g/mol. The van der Waals surface area contributed by atoms with Crippen molar-refractivity contribution >= 4 is 6.09 Å². The number of rotatable bonds is 7. The summed E-state index contributed by atoms with van der Waals surface area (Å²) in [5, 5.41) is 12.5. The summed E-state index contributed by atoms with van der Waals surface area (Å²) in [6, 6.07) is 16.6. The van der Waals surface area contributed by atoms with Gasteiger partial charge in [0.15, 0.2) is 0 Å². The Hall–Kier alpha value is -2.37. The Morgan fingerprint density at radius 3 is 2.31 bits per heavy atom. The van der Waals surface area contributed by atoms with Crippen LogP contribution < -0.4 is 5.32 Å². The molecule has 5 nitrogen and oxygen atoms in total. The zero-order valence-corrected chi connectivity index (χ0v) is 16.7. The molecule has 0 radical (unpaired) electrons. The molecule has 1 fully saturated rings. The molecule has 1 unspecified atom stereocenters. The minimum atomic E-state index is -0.419. The first-order valence-corrected chi connectivity index (χ1v) is 10.5. The summed E-state index contributed by atoms with van der Waals surface area (Å²) in [4.78, 5) is 12.3. The molecule has 2 aromatic rings. The summed E-state index contributed by atoms with van der Waals surface area (Å²) in [6.45, 7) is 2.40. The predicted molar refractivity (Wildman–Crippen MR) is 112 cm³/mol. The molecule has 0 bridgehead atoms. The fraction of sp³-hybridized carbons (Fsp3) is 0.458. The van der Waals surface area contributed by atoms with E-state index in [0.29, 0.717) is 19.1 Å². The highest BCUT2D eigenvalue weighted by molar-refractivity contribution is 5.79. The Morgan fingerprint density at radius 2 is 1.69 bits per heavy atom. The van der Waals surface area contributed by atoms with E-state index in [1.54, 1.807) is 0 Å². The molecule has 2 N–H and O–H groups in total. The van der Waals surface area contributed by atoms with Gasteiger partial charge in [0.05, 0.1) is 0 Å². The Labute approximate surface area is 172 Å². The minimum Gasteiger partial charge on any atom is -0.449 e. The van der Waals surface area contributed by atoms with Crippen LogP contribution in [0, 0.1) is 11.8 Å². The Balaban J connectivity index is 1.30. The summed E-state index contributed by atoms with van der Waals surface area (Å²) < 4.78 is 11.0. The number of hydrogen-bond donors (Lipinski definition) is 2. The van der Waals surface area contributed by atoms with E-state index in [4.69, 9.17) is 9.47 Å². The van der Waals surface area contributed by atoms with Crippen LogP contribution in [0.5, 0.6) is 0 Å². The summed E-state index contributed by atoms with van der Waals surface area (Å²) >= 11 is 0. The summed E-state index contributed by atoms with van der Waals surface area (Å²) in [5.74, 6) is 0.674. The first kappa shape index (κ1) is 19.9. The van der Waals surface area contributed by atoms with Crippen LogP contribution in [-0.4, -0.2) is 44.2 Å². The molecule has 1 atom stereocenters. The first-order valence-electron chi connectivity index (χ1n) is 10.5. The Morgan fingerprint density at radius 1 is 1.07 bits per heavy atom. The number of carbonyl (C=O) groups excluding carboxylic acids is 1. The minimum absolute atomic E-state index is 0.0542. The molecule has 5 heteroatoms. The maximum Gasteiger partial charge on any atom is 0.407 e. The molecule has 29 heavy (non-hydrogen) atoms. The van der Waals surface area contributed by atoms with E-state index in [1.807, 2.05) is 24.3 Å². The summed E-state index contributed by atoms with van der Waals surface area (Å²) in [6.07, 6.45) is 2.55. The van der Waals surface area contributed by atoms with E-state index in [1.165, 1.54) is 22.3 Å². The van der Waals surface area contributed by atoms with Gasteiger partial charge in [0.2, 0.25) is 0 Å². The van der Waals surface area contributed by atoms with Crippen LogP contribution in [0.3, 0.4) is 0 Å². The molecule has 4 rings (SSSR count). The lowest BCUT2D eigenvalue weighted by Crippen LogP contribution is -2.33. The molecule has 1 heterocycles. The largest absolute Gasteiger partial charge is 0.449 e. The van der Waals surface area contributed by atoms with Crippen molar-refractivity contribution in [1.82, 2.24) is 5.32 Å². The SMILES string of the molecule is O=C(NCC(CO)CC1CCOCC1)OCC1c2ccccc2-c2ccccc21. The van der Waals surface area contributed by atoms with Gasteiger partial charge < -0.3 is 19.9 Å². The number of benzene rings is 2. The van der Waals surface area contributed by atoms with Gasteiger partial charge in [0.25, 0.3) is 0 Å². The zero-order chi connectivity index (χ0) is 20.1. The van der Waals surface area contributed by atoms with Gasteiger partial charge in [-0.2, -0.15) is 0 Å². The van der Waals surface area contributed by atoms with Gasteiger partial charge in [-0.1, -0.05) is 48.5 Å². The van der Waals surface area contributed by atoms with Crippen LogP contribution >= 0.6 is 0 Å². The van der Waals surface area contributed by atoms with Gasteiger partial charge in [0, 0.05) is 32.3 Å². The molecule has 2 aromatic carbocycles. The second-order valence-corrected chi connectivity index (χ2v) is 8.05. The molecule has 0 spiro atoms. The third-order valence-corrected chi connectivity index (χ3v) is 6.14. The number of amides is 1. The van der Waals surface area contributed by atoms with E-state index < -0.39 is 6.09 Å². The predicted octanol–water partition coefficient (Wildman–Crippen LogP) is 3.95. The smallest absolute Gasteiger partial charge is 0.407 e. The first-order chi connectivity index (χ1) is 14.3. The average molecular weight is 395 g/mol. The third kappa shape index (κ3) is 4.62. The van der Waals surface area contributed by atoms with Gasteiger partial charge in [-0.15, -0.1) is 0 Å². The van der Waals surface area contributed by atoms with Crippen molar-refractivity contribution in [2.24, 2.45) is 11.8 Å². The average Bonchev–Trinajstić information content (AvgIpc) is 3.09. The van der Waals surface area contributed by atoms with Gasteiger partial charge >= 0.3 is 6.09 Å². The van der Waals surface area contributed by atoms with E-state index in [2.05, 4.69) is 29.6 Å². The molecule has 0 saturated carbocycles. The van der Waals surface area contributed by atoms with Crippen molar-refractivity contribution in [2.45, 2.75) is 25.2 Å². The maximum atomic E-state index is 12.3. The van der Waals surface area contributed by atoms with Crippen molar-refractivity contribution in [2.75, 3.05) is 33.0 Å². The van der Waals surface area contributed by atoms with Crippen LogP contribution in [0.25, 0.3) is 11.1 Å². The van der Waals surface area contributed by atoms with Crippen molar-refractivity contribution < 1.29 is 19.4 Å². The quantitative estimate of drug-likeness (QED) is 0.745. The number of fused-ring (bicyclic) bond motifs is 3. The van der Waals surface area contributed by atoms with Crippen molar-refractivity contribution in [3.05, 3.63) is 59.7 Å². The Kier molecular flexibility index (Phi) is 6.47. The molecule has 154 valence electrons. The molecule has 1 amide bonds. The summed E-state index contributed by atoms with van der Waals surface area (Å²) in [5.41, 5.74) is 4.84. The van der Waals surface area contributed by atoms with E-state index in [-0.39, 0.29) is 18.4 Å². The molecule has 1 saturated heterocycles. The van der Waals surface area contributed by atoms with E-state index in [0.717, 1.165) is 32.5 Å². The number of nitrogens with one attached hydrogen (secondary N) is 1. The molecule has 1 aliphatic heterocycles. The highest BCUT2D eigenvalue weighted by atomic mass is 16.5. The number of aliphatic hydroxyl groups is 1. The van der Waals surface area contributed by atoms with Crippen LogP contribution in [0.2, 0.25) is 0 Å². The van der Waals surface area contributed by atoms with Crippen molar-refractivity contribution in [1.29, 1.82) is 0 Å². The van der Waals surface area contributed by atoms with Crippen molar-refractivity contribution in [3.63, 3.8) is 0 Å². The van der Waals surface area contributed by atoms with Crippen LogP contribution in [0.15, 0.2) is 48.5 Å². The topological polar surface area (TPSA) is 67.8 Å². The van der Waals surface area contributed by atoms with Crippen LogP contribution in [0.1, 0.15) is 36.3 Å². The number of carbonyl (C=O) groups is 1. The number of ether oxygens (including phenoxy) is 2. The van der Waals surface area contributed by atoms with Crippen LogP contribution in [0.4, 0.5) is 4.79 Å². The highest BCUT2D eigenvalue weighted by Crippen LogP contribution is 2.44.